The summed E-state index contributed by atoms with van der Waals surface area (Å²) in [6.07, 6.45) is 9.62. The van der Waals surface area contributed by atoms with Crippen molar-refractivity contribution in [2.24, 2.45) is 0 Å². The summed E-state index contributed by atoms with van der Waals surface area (Å²) >= 11 is 2.02. The second-order valence-corrected chi connectivity index (χ2v) is 5.40. The summed E-state index contributed by atoms with van der Waals surface area (Å²) in [6.45, 7) is 4.51. The Labute approximate surface area is 105 Å². The second-order valence-electron chi connectivity index (χ2n) is 4.13. The van der Waals surface area contributed by atoms with E-state index in [1.165, 1.54) is 50.7 Å². The van der Waals surface area contributed by atoms with Crippen LogP contribution < -0.4 is 0 Å². The molecule has 1 saturated heterocycles. The number of ether oxygens (including phenoxy) is 1. The highest BCUT2D eigenvalue weighted by Gasteiger charge is 2.21. The van der Waals surface area contributed by atoms with Gasteiger partial charge in [0.25, 0.3) is 0 Å². The quantitative estimate of drug-likeness (QED) is 0.637. The molecule has 1 heterocycles. The van der Waals surface area contributed by atoms with Crippen LogP contribution in [0, 0.1) is 0 Å². The highest BCUT2D eigenvalue weighted by atomic mass is 35.5. The van der Waals surface area contributed by atoms with Crippen molar-refractivity contribution in [3.05, 3.63) is 0 Å². The summed E-state index contributed by atoms with van der Waals surface area (Å²) < 4.78 is 6.04. The number of hydrogen-bond acceptors (Lipinski definition) is 2. The van der Waals surface area contributed by atoms with Gasteiger partial charge >= 0.3 is 0 Å². The third-order valence-electron chi connectivity index (χ3n) is 2.74. The lowest BCUT2D eigenvalue weighted by molar-refractivity contribution is 0.0161. The fourth-order valence-electron chi connectivity index (χ4n) is 1.90. The molecule has 0 radical (unpaired) electrons. The minimum atomic E-state index is 0. The molecule has 3 heteroatoms. The maximum absolute atomic E-state index is 6.04. The van der Waals surface area contributed by atoms with Gasteiger partial charge in [-0.2, -0.15) is 0 Å². The monoisotopic (exact) mass is 252 g/mol. The van der Waals surface area contributed by atoms with Crippen LogP contribution in [0.2, 0.25) is 0 Å². The zero-order valence-electron chi connectivity index (χ0n) is 10.0. The van der Waals surface area contributed by atoms with Gasteiger partial charge in [0.15, 0.2) is 0 Å². The molecular formula is C12H25ClOS. The van der Waals surface area contributed by atoms with Gasteiger partial charge < -0.3 is 4.74 Å². The first-order valence-corrected chi connectivity index (χ1v) is 7.18. The molecule has 0 bridgehead atoms. The Morgan fingerprint density at radius 3 is 2.60 bits per heavy atom. The van der Waals surface area contributed by atoms with E-state index in [4.69, 9.17) is 4.74 Å². The standard InChI is InChI=1S/C12H24OS.ClH/c1-3-5-6-8-12-13-11(7-4-2)9-10-14-12;/h11-12H,3-10H2,1-2H3;1H. The molecule has 0 aliphatic carbocycles. The van der Waals surface area contributed by atoms with Crippen LogP contribution in [-0.4, -0.2) is 17.3 Å². The molecule has 1 aliphatic heterocycles. The van der Waals surface area contributed by atoms with Crippen molar-refractivity contribution in [3.8, 4) is 0 Å². The van der Waals surface area contributed by atoms with E-state index in [9.17, 15) is 0 Å². The first-order chi connectivity index (χ1) is 6.86. The van der Waals surface area contributed by atoms with Crippen LogP contribution in [-0.2, 0) is 4.74 Å². The molecule has 0 aromatic rings. The maximum atomic E-state index is 6.04. The molecule has 1 fully saturated rings. The zero-order valence-corrected chi connectivity index (χ0v) is 11.7. The SMILES string of the molecule is CCCCCC1OC(CCC)CCS1.Cl. The van der Waals surface area contributed by atoms with Crippen molar-refractivity contribution in [2.45, 2.75) is 70.3 Å². The highest BCUT2D eigenvalue weighted by molar-refractivity contribution is 7.99. The third kappa shape index (κ3) is 6.70. The Morgan fingerprint density at radius 2 is 1.93 bits per heavy atom. The van der Waals surface area contributed by atoms with E-state index in [2.05, 4.69) is 13.8 Å². The molecule has 0 amide bonds. The van der Waals surface area contributed by atoms with Gasteiger partial charge in [-0.05, 0) is 25.0 Å². The number of unbranched alkanes of at least 4 members (excludes halogenated alkanes) is 2. The first kappa shape index (κ1) is 15.6. The third-order valence-corrected chi connectivity index (χ3v) is 3.93. The second kappa shape index (κ2) is 9.80. The van der Waals surface area contributed by atoms with E-state index in [1.54, 1.807) is 0 Å². The van der Waals surface area contributed by atoms with Crippen LogP contribution in [0.3, 0.4) is 0 Å². The Bertz CT molecular complexity index is 142. The van der Waals surface area contributed by atoms with E-state index in [0.29, 0.717) is 11.5 Å². The lowest BCUT2D eigenvalue weighted by atomic mass is 10.1. The molecule has 15 heavy (non-hydrogen) atoms. The van der Waals surface area contributed by atoms with Gasteiger partial charge in [-0.15, -0.1) is 24.2 Å². The van der Waals surface area contributed by atoms with Crippen molar-refractivity contribution in [3.63, 3.8) is 0 Å². The number of hydrogen-bond donors (Lipinski definition) is 0. The van der Waals surface area contributed by atoms with Crippen LogP contribution >= 0.6 is 24.2 Å². The minimum Gasteiger partial charge on any atom is -0.364 e. The van der Waals surface area contributed by atoms with Crippen molar-refractivity contribution in [2.75, 3.05) is 5.75 Å². The molecule has 1 rings (SSSR count). The molecule has 1 aliphatic rings. The van der Waals surface area contributed by atoms with E-state index >= 15 is 0 Å². The normalized spacial score (nSPS) is 26.0. The average molecular weight is 253 g/mol. The van der Waals surface area contributed by atoms with Crippen molar-refractivity contribution in [1.82, 2.24) is 0 Å². The number of rotatable bonds is 6. The lowest BCUT2D eigenvalue weighted by Gasteiger charge is -2.29. The van der Waals surface area contributed by atoms with Crippen LogP contribution in [0.4, 0.5) is 0 Å². The summed E-state index contributed by atoms with van der Waals surface area (Å²) in [4.78, 5) is 0. The number of thioether (sulfide) groups is 1. The fraction of sp³-hybridized carbons (Fsp3) is 1.00. The van der Waals surface area contributed by atoms with Gasteiger partial charge in [-0.25, -0.2) is 0 Å². The Balaban J connectivity index is 0.00000196. The van der Waals surface area contributed by atoms with Crippen molar-refractivity contribution >= 4 is 24.2 Å². The molecule has 1 nitrogen and oxygen atoms in total. The molecule has 92 valence electrons. The molecule has 0 saturated carbocycles. The van der Waals surface area contributed by atoms with E-state index in [0.717, 1.165) is 0 Å². The minimum absolute atomic E-state index is 0. The van der Waals surface area contributed by atoms with Gasteiger partial charge in [0.2, 0.25) is 0 Å². The molecular weight excluding hydrogens is 228 g/mol. The molecule has 0 N–H and O–H groups in total. The maximum Gasteiger partial charge on any atom is 0.103 e. The smallest absolute Gasteiger partial charge is 0.103 e. The largest absolute Gasteiger partial charge is 0.364 e. The van der Waals surface area contributed by atoms with E-state index in [-0.39, 0.29) is 12.4 Å². The lowest BCUT2D eigenvalue weighted by Crippen LogP contribution is -2.26. The van der Waals surface area contributed by atoms with Crippen LogP contribution in [0.25, 0.3) is 0 Å². The van der Waals surface area contributed by atoms with E-state index < -0.39 is 0 Å². The molecule has 2 unspecified atom stereocenters. The summed E-state index contributed by atoms with van der Waals surface area (Å²) in [5, 5.41) is 0. The Hall–Kier alpha value is 0.600. The predicted octanol–water partition coefficient (Wildman–Crippen LogP) is 4.64. The molecule has 2 atom stereocenters. The fourth-order valence-corrected chi connectivity index (χ4v) is 3.13. The zero-order chi connectivity index (χ0) is 10.2. The van der Waals surface area contributed by atoms with Crippen molar-refractivity contribution < 1.29 is 4.74 Å². The summed E-state index contributed by atoms with van der Waals surface area (Å²) in [7, 11) is 0. The van der Waals surface area contributed by atoms with Crippen LogP contribution in [0.15, 0.2) is 0 Å². The Morgan fingerprint density at radius 1 is 1.13 bits per heavy atom. The Kier molecular flexibility index (Phi) is 10.2. The molecule has 0 spiro atoms. The summed E-state index contributed by atoms with van der Waals surface area (Å²) in [5.74, 6) is 1.31. The van der Waals surface area contributed by atoms with Crippen LogP contribution in [0.1, 0.15) is 58.8 Å². The van der Waals surface area contributed by atoms with Gasteiger partial charge in [-0.1, -0.05) is 39.5 Å². The van der Waals surface area contributed by atoms with Crippen molar-refractivity contribution in [1.29, 1.82) is 0 Å². The molecule has 0 aromatic carbocycles. The van der Waals surface area contributed by atoms with Gasteiger partial charge in [-0.3, -0.25) is 0 Å². The van der Waals surface area contributed by atoms with E-state index in [1.807, 2.05) is 11.8 Å². The first-order valence-electron chi connectivity index (χ1n) is 6.13. The summed E-state index contributed by atoms with van der Waals surface area (Å²) in [5.41, 5.74) is 0.506. The number of halogens is 1. The van der Waals surface area contributed by atoms with Crippen LogP contribution in [0.5, 0.6) is 0 Å². The average Bonchev–Trinajstić information content (AvgIpc) is 2.19. The predicted molar refractivity (Wildman–Crippen MR) is 72.0 cm³/mol. The highest BCUT2D eigenvalue weighted by Crippen LogP contribution is 2.29. The summed E-state index contributed by atoms with van der Waals surface area (Å²) in [6, 6.07) is 0. The molecule has 0 aromatic heterocycles. The van der Waals surface area contributed by atoms with Gasteiger partial charge in [0, 0.05) is 0 Å². The topological polar surface area (TPSA) is 9.23 Å². The van der Waals surface area contributed by atoms with Gasteiger partial charge in [0.05, 0.1) is 6.10 Å². The van der Waals surface area contributed by atoms with Gasteiger partial charge in [0.1, 0.15) is 5.44 Å².